The predicted octanol–water partition coefficient (Wildman–Crippen LogP) is 3.16. The second kappa shape index (κ2) is 9.23. The number of methoxy groups -OCH3 is 3. The van der Waals surface area contributed by atoms with E-state index in [1.54, 1.807) is 24.3 Å². The smallest absolute Gasteiger partial charge is 0.247 e. The highest BCUT2D eigenvalue weighted by Crippen LogP contribution is 2.35. The van der Waals surface area contributed by atoms with Gasteiger partial charge < -0.3 is 19.5 Å². The van der Waals surface area contributed by atoms with E-state index in [1.807, 2.05) is 0 Å². The van der Waals surface area contributed by atoms with Crippen molar-refractivity contribution in [2.45, 2.75) is 13.0 Å². The van der Waals surface area contributed by atoms with Gasteiger partial charge in [0.15, 0.2) is 11.5 Å². The molecule has 0 radical (unpaired) electrons. The summed E-state index contributed by atoms with van der Waals surface area (Å²) in [6.45, 7) is 1.47. The van der Waals surface area contributed by atoms with Gasteiger partial charge in [-0.05, 0) is 37.3 Å². The number of carbonyl (C=O) groups is 1. The van der Waals surface area contributed by atoms with Gasteiger partial charge in [0, 0.05) is 16.8 Å². The molecule has 2 aromatic carbocycles. The Balaban J connectivity index is 2.39. The SMILES string of the molecule is COc1ccc(NC(=O)[C@@H](C)N(c2cc(Cl)ccc2OC)S(C)(=O)=O)cc1OC. The van der Waals surface area contributed by atoms with E-state index in [1.165, 1.54) is 40.4 Å². The van der Waals surface area contributed by atoms with Crippen molar-refractivity contribution >= 4 is 38.9 Å². The fourth-order valence-corrected chi connectivity index (χ4v) is 4.11. The molecule has 0 unspecified atom stereocenters. The van der Waals surface area contributed by atoms with Crippen molar-refractivity contribution in [3.63, 3.8) is 0 Å². The minimum Gasteiger partial charge on any atom is -0.495 e. The molecule has 0 aliphatic heterocycles. The number of amides is 1. The van der Waals surface area contributed by atoms with Crippen LogP contribution >= 0.6 is 11.6 Å². The normalized spacial score (nSPS) is 12.1. The number of benzene rings is 2. The quantitative estimate of drug-likeness (QED) is 0.674. The zero-order valence-electron chi connectivity index (χ0n) is 16.7. The topological polar surface area (TPSA) is 94.2 Å². The van der Waals surface area contributed by atoms with Crippen LogP contribution in [0.25, 0.3) is 0 Å². The number of nitrogens with one attached hydrogen (secondary N) is 1. The number of anilines is 2. The van der Waals surface area contributed by atoms with Crippen LogP contribution < -0.4 is 23.8 Å². The number of sulfonamides is 1. The van der Waals surface area contributed by atoms with E-state index in [0.29, 0.717) is 22.2 Å². The first-order valence-corrected chi connectivity index (χ1v) is 10.7. The molecule has 1 atom stereocenters. The Hall–Kier alpha value is -2.65. The van der Waals surface area contributed by atoms with E-state index in [9.17, 15) is 13.2 Å². The average molecular weight is 443 g/mol. The third-order valence-corrected chi connectivity index (χ3v) is 5.58. The lowest BCUT2D eigenvalue weighted by Crippen LogP contribution is -2.45. The molecule has 158 valence electrons. The molecule has 0 bridgehead atoms. The van der Waals surface area contributed by atoms with Crippen LogP contribution in [0.15, 0.2) is 36.4 Å². The molecule has 0 saturated heterocycles. The number of carbonyl (C=O) groups excluding carboxylic acids is 1. The maximum Gasteiger partial charge on any atom is 0.247 e. The lowest BCUT2D eigenvalue weighted by Gasteiger charge is -2.29. The van der Waals surface area contributed by atoms with Gasteiger partial charge in [-0.3, -0.25) is 9.10 Å². The van der Waals surface area contributed by atoms with Gasteiger partial charge in [0.05, 0.1) is 33.3 Å². The van der Waals surface area contributed by atoms with Gasteiger partial charge in [0.2, 0.25) is 15.9 Å². The van der Waals surface area contributed by atoms with Crippen molar-refractivity contribution in [2.24, 2.45) is 0 Å². The number of halogens is 1. The van der Waals surface area contributed by atoms with Crippen LogP contribution in [0.4, 0.5) is 11.4 Å². The minimum absolute atomic E-state index is 0.164. The molecule has 10 heteroatoms. The summed E-state index contributed by atoms with van der Waals surface area (Å²) >= 11 is 6.04. The van der Waals surface area contributed by atoms with E-state index in [0.717, 1.165) is 10.6 Å². The molecule has 29 heavy (non-hydrogen) atoms. The van der Waals surface area contributed by atoms with Crippen LogP contribution in [0, 0.1) is 0 Å². The van der Waals surface area contributed by atoms with Crippen LogP contribution in [0.3, 0.4) is 0 Å². The van der Waals surface area contributed by atoms with Gasteiger partial charge in [0.1, 0.15) is 11.8 Å². The Bertz CT molecular complexity index is 996. The monoisotopic (exact) mass is 442 g/mol. The average Bonchev–Trinajstić information content (AvgIpc) is 2.67. The Kier molecular flexibility index (Phi) is 7.21. The van der Waals surface area contributed by atoms with Gasteiger partial charge in [-0.15, -0.1) is 0 Å². The van der Waals surface area contributed by atoms with Crippen molar-refractivity contribution in [3.05, 3.63) is 41.4 Å². The van der Waals surface area contributed by atoms with Crippen LogP contribution in [0.1, 0.15) is 6.92 Å². The van der Waals surface area contributed by atoms with E-state index in [-0.39, 0.29) is 11.4 Å². The largest absolute Gasteiger partial charge is 0.495 e. The first-order valence-electron chi connectivity index (χ1n) is 8.48. The van der Waals surface area contributed by atoms with Gasteiger partial charge in [-0.2, -0.15) is 0 Å². The van der Waals surface area contributed by atoms with E-state index in [2.05, 4.69) is 5.32 Å². The minimum atomic E-state index is -3.84. The van der Waals surface area contributed by atoms with Crippen molar-refractivity contribution in [2.75, 3.05) is 37.2 Å². The molecule has 1 amide bonds. The second-order valence-electron chi connectivity index (χ2n) is 6.11. The zero-order chi connectivity index (χ0) is 21.8. The molecule has 1 N–H and O–H groups in total. The molecule has 0 spiro atoms. The number of hydrogen-bond acceptors (Lipinski definition) is 6. The Morgan fingerprint density at radius 1 is 1.00 bits per heavy atom. The van der Waals surface area contributed by atoms with Gasteiger partial charge >= 0.3 is 0 Å². The summed E-state index contributed by atoms with van der Waals surface area (Å²) in [7, 11) is 0.542. The molecular weight excluding hydrogens is 420 g/mol. The van der Waals surface area contributed by atoms with E-state index < -0.39 is 22.0 Å². The Morgan fingerprint density at radius 2 is 1.59 bits per heavy atom. The third kappa shape index (κ3) is 5.24. The van der Waals surface area contributed by atoms with E-state index in [4.69, 9.17) is 25.8 Å². The first kappa shape index (κ1) is 22.6. The first-order chi connectivity index (χ1) is 13.6. The Morgan fingerprint density at radius 3 is 2.14 bits per heavy atom. The van der Waals surface area contributed by atoms with Crippen molar-refractivity contribution in [3.8, 4) is 17.2 Å². The lowest BCUT2D eigenvalue weighted by atomic mass is 10.2. The second-order valence-corrected chi connectivity index (χ2v) is 8.41. The summed E-state index contributed by atoms with van der Waals surface area (Å²) in [5, 5.41) is 3.00. The van der Waals surface area contributed by atoms with E-state index >= 15 is 0 Å². The number of rotatable bonds is 8. The molecule has 2 rings (SSSR count). The fraction of sp³-hybridized carbons (Fsp3) is 0.316. The molecule has 8 nitrogen and oxygen atoms in total. The molecule has 0 heterocycles. The summed E-state index contributed by atoms with van der Waals surface area (Å²) in [5.74, 6) is 0.643. The summed E-state index contributed by atoms with van der Waals surface area (Å²) < 4.78 is 41.6. The third-order valence-electron chi connectivity index (χ3n) is 4.12. The molecular formula is C19H23ClN2O6S. The van der Waals surface area contributed by atoms with Gasteiger partial charge in [-0.1, -0.05) is 11.6 Å². The highest BCUT2D eigenvalue weighted by atomic mass is 35.5. The van der Waals surface area contributed by atoms with Crippen molar-refractivity contribution in [1.82, 2.24) is 0 Å². The number of ether oxygens (including phenoxy) is 3. The van der Waals surface area contributed by atoms with Gasteiger partial charge in [-0.25, -0.2) is 8.42 Å². The standard InChI is InChI=1S/C19H23ClN2O6S/c1-12(19(23)21-14-7-9-17(27-3)18(11-14)28-4)22(29(5,24)25)15-10-13(20)6-8-16(15)26-2/h6-12H,1-5H3,(H,21,23)/t12-/m1/s1. The number of nitrogens with zero attached hydrogens (tertiary/aromatic N) is 1. The van der Waals surface area contributed by atoms with Crippen molar-refractivity contribution in [1.29, 1.82) is 0 Å². The summed E-state index contributed by atoms with van der Waals surface area (Å²) in [4.78, 5) is 12.8. The van der Waals surface area contributed by atoms with Crippen LogP contribution in [-0.2, 0) is 14.8 Å². The summed E-state index contributed by atoms with van der Waals surface area (Å²) in [5.41, 5.74) is 0.587. The molecule has 0 fully saturated rings. The zero-order valence-corrected chi connectivity index (χ0v) is 18.3. The molecule has 0 aliphatic rings. The Labute approximate surface area is 175 Å². The maximum atomic E-state index is 12.8. The fourth-order valence-electron chi connectivity index (χ4n) is 2.78. The highest BCUT2D eigenvalue weighted by molar-refractivity contribution is 7.92. The van der Waals surface area contributed by atoms with Crippen LogP contribution in [-0.4, -0.2) is 48.0 Å². The predicted molar refractivity (Wildman–Crippen MR) is 113 cm³/mol. The van der Waals surface area contributed by atoms with Crippen LogP contribution in [0.2, 0.25) is 5.02 Å². The molecule has 0 saturated carbocycles. The molecule has 0 aromatic heterocycles. The highest BCUT2D eigenvalue weighted by Gasteiger charge is 2.31. The number of hydrogen-bond donors (Lipinski definition) is 1. The lowest BCUT2D eigenvalue weighted by molar-refractivity contribution is -0.116. The molecule has 2 aromatic rings. The van der Waals surface area contributed by atoms with Crippen LogP contribution in [0.5, 0.6) is 17.2 Å². The summed E-state index contributed by atoms with van der Waals surface area (Å²) in [6.07, 6.45) is 1.01. The van der Waals surface area contributed by atoms with Crippen molar-refractivity contribution < 1.29 is 27.4 Å². The molecule has 0 aliphatic carbocycles. The summed E-state index contributed by atoms with van der Waals surface area (Å²) in [6, 6.07) is 8.28. The van der Waals surface area contributed by atoms with Gasteiger partial charge in [0.25, 0.3) is 0 Å². The maximum absolute atomic E-state index is 12.8.